The SMILES string of the molecule is O=C(Nc1cccc2ccccc12)N1CC=C(c2c[nH]c3ccccc23)CC1. The van der Waals surface area contributed by atoms with E-state index in [1.165, 1.54) is 16.5 Å². The molecule has 3 aromatic carbocycles. The first-order chi connectivity index (χ1) is 13.8. The fourth-order valence-electron chi connectivity index (χ4n) is 3.96. The third kappa shape index (κ3) is 2.93. The molecular formula is C24H21N3O. The van der Waals surface area contributed by atoms with Gasteiger partial charge in [-0.1, -0.05) is 60.7 Å². The summed E-state index contributed by atoms with van der Waals surface area (Å²) in [6.07, 6.45) is 5.09. The van der Waals surface area contributed by atoms with Gasteiger partial charge < -0.3 is 15.2 Å². The summed E-state index contributed by atoms with van der Waals surface area (Å²) in [5.41, 5.74) is 4.54. The van der Waals surface area contributed by atoms with Gasteiger partial charge in [0.15, 0.2) is 0 Å². The van der Waals surface area contributed by atoms with Gasteiger partial charge in [0.2, 0.25) is 0 Å². The monoisotopic (exact) mass is 367 g/mol. The molecule has 0 atom stereocenters. The van der Waals surface area contributed by atoms with Crippen molar-refractivity contribution >= 4 is 39.0 Å². The Hall–Kier alpha value is -3.53. The molecule has 138 valence electrons. The Labute approximate surface area is 163 Å². The molecule has 0 fully saturated rings. The number of carbonyl (C=O) groups excluding carboxylic acids is 1. The number of hydrogen-bond donors (Lipinski definition) is 2. The number of H-pyrrole nitrogens is 1. The zero-order valence-corrected chi connectivity index (χ0v) is 15.5. The molecule has 0 spiro atoms. The number of carbonyl (C=O) groups is 1. The summed E-state index contributed by atoms with van der Waals surface area (Å²) < 4.78 is 0. The standard InChI is InChI=1S/C24H21N3O/c28-24(26-23-11-5-7-17-6-1-2-8-19(17)23)27-14-12-18(13-15-27)21-16-25-22-10-4-3-9-20(21)22/h1-12,16,25H,13-15H2,(H,26,28). The van der Waals surface area contributed by atoms with Crippen molar-refractivity contribution in [2.75, 3.05) is 18.4 Å². The Kier molecular flexibility index (Phi) is 4.09. The average Bonchev–Trinajstić information content (AvgIpc) is 3.18. The molecule has 0 unspecified atom stereocenters. The van der Waals surface area contributed by atoms with Crippen LogP contribution in [0.25, 0.3) is 27.2 Å². The summed E-state index contributed by atoms with van der Waals surface area (Å²) in [7, 11) is 0. The van der Waals surface area contributed by atoms with Gasteiger partial charge >= 0.3 is 6.03 Å². The van der Waals surface area contributed by atoms with E-state index in [1.54, 1.807) is 0 Å². The van der Waals surface area contributed by atoms with Crippen LogP contribution in [0.15, 0.2) is 79.0 Å². The van der Waals surface area contributed by atoms with Crippen LogP contribution in [-0.4, -0.2) is 29.0 Å². The van der Waals surface area contributed by atoms with Gasteiger partial charge in [-0.15, -0.1) is 0 Å². The van der Waals surface area contributed by atoms with Crippen LogP contribution in [0, 0.1) is 0 Å². The highest BCUT2D eigenvalue weighted by molar-refractivity contribution is 6.02. The highest BCUT2D eigenvalue weighted by Gasteiger charge is 2.19. The summed E-state index contributed by atoms with van der Waals surface area (Å²) in [6.45, 7) is 1.33. The van der Waals surface area contributed by atoms with Crippen molar-refractivity contribution in [1.29, 1.82) is 0 Å². The van der Waals surface area contributed by atoms with Crippen LogP contribution < -0.4 is 5.32 Å². The predicted octanol–water partition coefficient (Wildman–Crippen LogP) is 5.64. The lowest BCUT2D eigenvalue weighted by molar-refractivity contribution is 0.217. The topological polar surface area (TPSA) is 48.1 Å². The number of aromatic nitrogens is 1. The Morgan fingerprint density at radius 1 is 0.929 bits per heavy atom. The fourth-order valence-corrected chi connectivity index (χ4v) is 3.96. The first-order valence-corrected chi connectivity index (χ1v) is 9.59. The van der Waals surface area contributed by atoms with E-state index in [0.29, 0.717) is 13.1 Å². The van der Waals surface area contributed by atoms with E-state index in [0.717, 1.165) is 28.4 Å². The first-order valence-electron chi connectivity index (χ1n) is 9.59. The molecule has 1 aromatic heterocycles. The summed E-state index contributed by atoms with van der Waals surface area (Å²) in [4.78, 5) is 18.0. The Morgan fingerprint density at radius 3 is 2.57 bits per heavy atom. The summed E-state index contributed by atoms with van der Waals surface area (Å²) in [5, 5.41) is 6.51. The number of urea groups is 1. The molecule has 2 heterocycles. The van der Waals surface area contributed by atoms with E-state index in [1.807, 2.05) is 41.3 Å². The molecule has 1 aliphatic heterocycles. The molecule has 5 rings (SSSR count). The van der Waals surface area contributed by atoms with Gasteiger partial charge in [-0.2, -0.15) is 0 Å². The van der Waals surface area contributed by atoms with E-state index >= 15 is 0 Å². The predicted molar refractivity (Wildman–Crippen MR) is 115 cm³/mol. The number of para-hydroxylation sites is 1. The summed E-state index contributed by atoms with van der Waals surface area (Å²) in [6, 6.07) is 22.4. The summed E-state index contributed by atoms with van der Waals surface area (Å²) >= 11 is 0. The van der Waals surface area contributed by atoms with Crippen LogP contribution in [0.1, 0.15) is 12.0 Å². The molecular weight excluding hydrogens is 346 g/mol. The van der Waals surface area contributed by atoms with Crippen molar-refractivity contribution in [2.24, 2.45) is 0 Å². The number of nitrogens with one attached hydrogen (secondary N) is 2. The Balaban J connectivity index is 1.34. The Morgan fingerprint density at radius 2 is 1.71 bits per heavy atom. The lowest BCUT2D eigenvalue weighted by Crippen LogP contribution is -2.37. The van der Waals surface area contributed by atoms with Crippen LogP contribution in [0.5, 0.6) is 0 Å². The van der Waals surface area contributed by atoms with Crippen LogP contribution in [-0.2, 0) is 0 Å². The van der Waals surface area contributed by atoms with Gasteiger partial charge in [0.1, 0.15) is 0 Å². The number of amides is 2. The van der Waals surface area contributed by atoms with Crippen molar-refractivity contribution < 1.29 is 4.79 Å². The molecule has 0 bridgehead atoms. The van der Waals surface area contributed by atoms with Gasteiger partial charge in [0, 0.05) is 41.1 Å². The highest BCUT2D eigenvalue weighted by Crippen LogP contribution is 2.29. The Bertz CT molecular complexity index is 1200. The molecule has 28 heavy (non-hydrogen) atoms. The molecule has 0 aliphatic carbocycles. The van der Waals surface area contributed by atoms with Gasteiger partial charge in [-0.3, -0.25) is 0 Å². The summed E-state index contributed by atoms with van der Waals surface area (Å²) in [5.74, 6) is 0. The maximum absolute atomic E-state index is 12.8. The zero-order valence-electron chi connectivity index (χ0n) is 15.5. The number of rotatable bonds is 2. The minimum atomic E-state index is -0.0504. The molecule has 0 saturated carbocycles. The van der Waals surface area contributed by atoms with Crippen LogP contribution >= 0.6 is 0 Å². The molecule has 4 heteroatoms. The van der Waals surface area contributed by atoms with Gasteiger partial charge in [0.05, 0.1) is 5.69 Å². The minimum absolute atomic E-state index is 0.0504. The van der Waals surface area contributed by atoms with E-state index in [9.17, 15) is 4.79 Å². The van der Waals surface area contributed by atoms with Crippen LogP contribution in [0.3, 0.4) is 0 Å². The van der Waals surface area contributed by atoms with Crippen molar-refractivity contribution in [1.82, 2.24) is 9.88 Å². The molecule has 0 saturated heterocycles. The lowest BCUT2D eigenvalue weighted by atomic mass is 9.99. The number of hydrogen-bond acceptors (Lipinski definition) is 1. The molecule has 0 radical (unpaired) electrons. The van der Waals surface area contributed by atoms with Crippen LogP contribution in [0.4, 0.5) is 10.5 Å². The molecule has 2 amide bonds. The molecule has 1 aliphatic rings. The van der Waals surface area contributed by atoms with Gasteiger partial charge in [0.25, 0.3) is 0 Å². The fraction of sp³-hybridized carbons (Fsp3) is 0.125. The maximum atomic E-state index is 12.8. The number of anilines is 1. The van der Waals surface area contributed by atoms with E-state index < -0.39 is 0 Å². The third-order valence-corrected chi connectivity index (χ3v) is 5.46. The van der Waals surface area contributed by atoms with Crippen molar-refractivity contribution in [3.05, 3.63) is 84.6 Å². The number of nitrogens with zero attached hydrogens (tertiary/aromatic N) is 1. The molecule has 4 nitrogen and oxygen atoms in total. The minimum Gasteiger partial charge on any atom is -0.361 e. The third-order valence-electron chi connectivity index (χ3n) is 5.46. The van der Waals surface area contributed by atoms with Gasteiger partial charge in [-0.25, -0.2) is 4.79 Å². The highest BCUT2D eigenvalue weighted by atomic mass is 16.2. The number of benzene rings is 3. The van der Waals surface area contributed by atoms with E-state index in [2.05, 4.69) is 52.9 Å². The van der Waals surface area contributed by atoms with E-state index in [4.69, 9.17) is 0 Å². The smallest absolute Gasteiger partial charge is 0.322 e. The van der Waals surface area contributed by atoms with Crippen LogP contribution in [0.2, 0.25) is 0 Å². The second-order valence-corrected chi connectivity index (χ2v) is 7.13. The number of aromatic amines is 1. The lowest BCUT2D eigenvalue weighted by Gasteiger charge is -2.27. The molecule has 4 aromatic rings. The number of fused-ring (bicyclic) bond motifs is 2. The van der Waals surface area contributed by atoms with Crippen molar-refractivity contribution in [2.45, 2.75) is 6.42 Å². The largest absolute Gasteiger partial charge is 0.361 e. The van der Waals surface area contributed by atoms with Crippen molar-refractivity contribution in [3.63, 3.8) is 0 Å². The zero-order chi connectivity index (χ0) is 18.9. The maximum Gasteiger partial charge on any atom is 0.322 e. The normalized spacial score (nSPS) is 14.3. The average molecular weight is 367 g/mol. The molecule has 2 N–H and O–H groups in total. The second-order valence-electron chi connectivity index (χ2n) is 7.13. The van der Waals surface area contributed by atoms with Crippen molar-refractivity contribution in [3.8, 4) is 0 Å². The first kappa shape index (κ1) is 16.6. The van der Waals surface area contributed by atoms with Gasteiger partial charge in [-0.05, 0) is 29.5 Å². The quantitative estimate of drug-likeness (QED) is 0.473. The second kappa shape index (κ2) is 6.89. The van der Waals surface area contributed by atoms with E-state index in [-0.39, 0.29) is 6.03 Å².